The zero-order chi connectivity index (χ0) is 13.1. The van der Waals surface area contributed by atoms with E-state index in [1.807, 2.05) is 6.07 Å². The molecule has 0 radical (unpaired) electrons. The van der Waals surface area contributed by atoms with Crippen LogP contribution in [0.1, 0.15) is 50.0 Å². The zero-order valence-electron chi connectivity index (χ0n) is 12.3. The Balaban J connectivity index is 0.00000110. The molecule has 0 atom stereocenters. The third-order valence-electron chi connectivity index (χ3n) is 4.44. The Hall–Kier alpha value is -0.640. The normalized spacial score (nSPS) is 19.6. The van der Waals surface area contributed by atoms with Gasteiger partial charge in [-0.2, -0.15) is 0 Å². The molecule has 3 N–H and O–H groups in total. The summed E-state index contributed by atoms with van der Waals surface area (Å²) in [6, 6.07) is 6.37. The number of hydrogen-bond donors (Lipinski definition) is 2. The molecule has 0 amide bonds. The summed E-state index contributed by atoms with van der Waals surface area (Å²) >= 11 is 0. The second kappa shape index (κ2) is 8.72. The maximum absolute atomic E-state index is 6.10. The molecule has 1 aliphatic heterocycles. The zero-order valence-corrected chi connectivity index (χ0v) is 14.0. The van der Waals surface area contributed by atoms with Crippen LogP contribution in [0.25, 0.3) is 0 Å². The van der Waals surface area contributed by atoms with Crippen molar-refractivity contribution in [3.8, 4) is 5.75 Å². The summed E-state index contributed by atoms with van der Waals surface area (Å²) in [7, 11) is 0. The quantitative estimate of drug-likeness (QED) is 0.825. The van der Waals surface area contributed by atoms with E-state index in [9.17, 15) is 0 Å². The molecule has 2 fully saturated rings. The average Bonchev–Trinajstić information content (AvgIpc) is 2.95. The highest BCUT2D eigenvalue weighted by Gasteiger charge is 2.20. The van der Waals surface area contributed by atoms with Gasteiger partial charge < -0.3 is 15.8 Å². The van der Waals surface area contributed by atoms with Crippen molar-refractivity contribution < 1.29 is 4.74 Å². The predicted molar refractivity (Wildman–Crippen MR) is 93.1 cm³/mol. The molecule has 1 aliphatic carbocycles. The number of rotatable bonds is 3. The summed E-state index contributed by atoms with van der Waals surface area (Å²) in [5.41, 5.74) is 8.23. The van der Waals surface area contributed by atoms with E-state index < -0.39 is 0 Å². The molecule has 3 rings (SSSR count). The molecule has 3 nitrogen and oxygen atoms in total. The van der Waals surface area contributed by atoms with E-state index in [1.165, 1.54) is 44.1 Å². The number of hydrogen-bond acceptors (Lipinski definition) is 3. The van der Waals surface area contributed by atoms with Crippen molar-refractivity contribution in [1.82, 2.24) is 5.32 Å². The fourth-order valence-corrected chi connectivity index (χ4v) is 3.25. The monoisotopic (exact) mass is 332 g/mol. The van der Waals surface area contributed by atoms with Crippen LogP contribution in [0.15, 0.2) is 18.2 Å². The van der Waals surface area contributed by atoms with Gasteiger partial charge in [-0.15, -0.1) is 24.8 Å². The van der Waals surface area contributed by atoms with Gasteiger partial charge in [-0.25, -0.2) is 0 Å². The van der Waals surface area contributed by atoms with Crippen molar-refractivity contribution in [2.45, 2.75) is 50.5 Å². The van der Waals surface area contributed by atoms with Gasteiger partial charge in [-0.1, -0.05) is 6.07 Å². The Labute approximate surface area is 139 Å². The van der Waals surface area contributed by atoms with Crippen LogP contribution < -0.4 is 15.8 Å². The molecule has 0 unspecified atom stereocenters. The predicted octanol–water partition coefficient (Wildman–Crippen LogP) is 3.90. The number of nitrogen functional groups attached to an aromatic ring is 1. The van der Waals surface area contributed by atoms with Crippen LogP contribution >= 0.6 is 24.8 Å². The average molecular weight is 333 g/mol. The minimum atomic E-state index is 0. The van der Waals surface area contributed by atoms with E-state index >= 15 is 0 Å². The van der Waals surface area contributed by atoms with Gasteiger partial charge in [0.1, 0.15) is 5.75 Å². The molecule has 2 aliphatic rings. The molecule has 21 heavy (non-hydrogen) atoms. The second-order valence-corrected chi connectivity index (χ2v) is 5.85. The van der Waals surface area contributed by atoms with E-state index in [1.54, 1.807) is 0 Å². The number of halogens is 2. The lowest BCUT2D eigenvalue weighted by Crippen LogP contribution is -2.26. The molecule has 5 heteroatoms. The van der Waals surface area contributed by atoms with Crippen molar-refractivity contribution >= 4 is 30.5 Å². The van der Waals surface area contributed by atoms with Gasteiger partial charge in [0.15, 0.2) is 0 Å². The molecule has 1 saturated carbocycles. The first-order chi connectivity index (χ1) is 9.33. The number of benzene rings is 1. The molecule has 0 aromatic heterocycles. The summed E-state index contributed by atoms with van der Waals surface area (Å²) < 4.78 is 6.10. The second-order valence-electron chi connectivity index (χ2n) is 5.85. The maximum atomic E-state index is 6.10. The van der Waals surface area contributed by atoms with E-state index in [0.29, 0.717) is 12.0 Å². The molecule has 1 saturated heterocycles. The van der Waals surface area contributed by atoms with E-state index in [4.69, 9.17) is 10.5 Å². The van der Waals surface area contributed by atoms with Crippen molar-refractivity contribution in [3.63, 3.8) is 0 Å². The largest absolute Gasteiger partial charge is 0.488 e. The third-order valence-corrected chi connectivity index (χ3v) is 4.44. The Bertz CT molecular complexity index is 430. The summed E-state index contributed by atoms with van der Waals surface area (Å²) in [5, 5.41) is 3.41. The molecule has 1 aromatic carbocycles. The van der Waals surface area contributed by atoms with Crippen LogP contribution in [0.4, 0.5) is 5.69 Å². The van der Waals surface area contributed by atoms with Crippen molar-refractivity contribution in [2.75, 3.05) is 18.8 Å². The van der Waals surface area contributed by atoms with Gasteiger partial charge in [0, 0.05) is 0 Å². The fourth-order valence-electron chi connectivity index (χ4n) is 3.25. The first-order valence-corrected chi connectivity index (χ1v) is 7.60. The van der Waals surface area contributed by atoms with Crippen LogP contribution in [0.5, 0.6) is 5.75 Å². The van der Waals surface area contributed by atoms with Gasteiger partial charge >= 0.3 is 0 Å². The van der Waals surface area contributed by atoms with Gasteiger partial charge in [0.25, 0.3) is 0 Å². The third kappa shape index (κ3) is 4.67. The lowest BCUT2D eigenvalue weighted by molar-refractivity contribution is 0.211. The minimum Gasteiger partial charge on any atom is -0.488 e. The van der Waals surface area contributed by atoms with Gasteiger partial charge in [-0.3, -0.25) is 0 Å². The van der Waals surface area contributed by atoms with Crippen molar-refractivity contribution in [1.29, 1.82) is 0 Å². The first kappa shape index (κ1) is 18.4. The fraction of sp³-hybridized carbons (Fsp3) is 0.625. The molecule has 120 valence electrons. The smallest absolute Gasteiger partial charge is 0.142 e. The van der Waals surface area contributed by atoms with Crippen LogP contribution in [0.3, 0.4) is 0 Å². The SMILES string of the molecule is Cl.Cl.Nc1ccc(C2CCNCC2)cc1OC1CCCC1. The van der Waals surface area contributed by atoms with Gasteiger partial charge in [0.05, 0.1) is 11.8 Å². The molecule has 0 bridgehead atoms. The van der Waals surface area contributed by atoms with Crippen LogP contribution in [-0.2, 0) is 0 Å². The summed E-state index contributed by atoms with van der Waals surface area (Å²) in [6.45, 7) is 2.24. The Morgan fingerprint density at radius 3 is 2.33 bits per heavy atom. The standard InChI is InChI=1S/C16H24N2O.2ClH/c17-15-6-5-13(12-7-9-18-10-8-12)11-16(15)19-14-3-1-2-4-14;;/h5-6,11-12,14,18H,1-4,7-10,17H2;2*1H. The van der Waals surface area contributed by atoms with Crippen LogP contribution in [-0.4, -0.2) is 19.2 Å². The molecule has 1 aromatic rings. The van der Waals surface area contributed by atoms with Crippen LogP contribution in [0.2, 0.25) is 0 Å². The van der Waals surface area contributed by atoms with Gasteiger partial charge in [-0.05, 0) is 75.2 Å². The van der Waals surface area contributed by atoms with Crippen LogP contribution in [0, 0.1) is 0 Å². The summed E-state index contributed by atoms with van der Waals surface area (Å²) in [5.74, 6) is 1.57. The first-order valence-electron chi connectivity index (χ1n) is 7.60. The highest BCUT2D eigenvalue weighted by molar-refractivity contribution is 5.85. The number of nitrogens with two attached hydrogens (primary N) is 1. The highest BCUT2D eigenvalue weighted by Crippen LogP contribution is 2.33. The highest BCUT2D eigenvalue weighted by atomic mass is 35.5. The molecular formula is C16H26Cl2N2O. The molecule has 0 spiro atoms. The number of anilines is 1. The summed E-state index contributed by atoms with van der Waals surface area (Å²) in [4.78, 5) is 0. The Morgan fingerprint density at radius 2 is 1.67 bits per heavy atom. The number of piperidine rings is 1. The minimum absolute atomic E-state index is 0. The summed E-state index contributed by atoms with van der Waals surface area (Å²) in [6.07, 6.45) is 7.75. The van der Waals surface area contributed by atoms with Crippen molar-refractivity contribution in [3.05, 3.63) is 23.8 Å². The number of nitrogens with one attached hydrogen (secondary N) is 1. The Morgan fingerprint density at radius 1 is 1.00 bits per heavy atom. The molecule has 1 heterocycles. The van der Waals surface area contributed by atoms with E-state index in [0.717, 1.165) is 24.5 Å². The Kier molecular flexibility index (Phi) is 7.64. The van der Waals surface area contributed by atoms with Gasteiger partial charge in [0.2, 0.25) is 0 Å². The number of ether oxygens (including phenoxy) is 1. The van der Waals surface area contributed by atoms with E-state index in [2.05, 4.69) is 17.4 Å². The molecular weight excluding hydrogens is 307 g/mol. The topological polar surface area (TPSA) is 47.3 Å². The maximum Gasteiger partial charge on any atom is 0.142 e. The lowest BCUT2D eigenvalue weighted by Gasteiger charge is -2.24. The lowest BCUT2D eigenvalue weighted by atomic mass is 9.90. The van der Waals surface area contributed by atoms with E-state index in [-0.39, 0.29) is 24.8 Å². The van der Waals surface area contributed by atoms with Crippen molar-refractivity contribution in [2.24, 2.45) is 0 Å².